The van der Waals surface area contributed by atoms with Crippen molar-refractivity contribution in [3.8, 4) is 22.8 Å². The molecule has 0 amide bonds. The number of benzene rings is 2. The lowest BCUT2D eigenvalue weighted by atomic mass is 10.1. The molecule has 1 aliphatic carbocycles. The van der Waals surface area contributed by atoms with Crippen LogP contribution < -0.4 is 14.8 Å². The molecule has 6 heteroatoms. The lowest BCUT2D eigenvalue weighted by molar-refractivity contribution is 0.356. The Bertz CT molecular complexity index is 1020. The fourth-order valence-electron chi connectivity index (χ4n) is 3.25. The molecule has 0 atom stereocenters. The van der Waals surface area contributed by atoms with Crippen LogP contribution in [0, 0.1) is 12.7 Å². The molecule has 0 saturated carbocycles. The first kappa shape index (κ1) is 15.4. The van der Waals surface area contributed by atoms with Gasteiger partial charge in [-0.25, -0.2) is 4.39 Å². The number of ether oxygens (including phenoxy) is 2. The predicted octanol–water partition coefficient (Wildman–Crippen LogP) is 4.81. The fraction of sp³-hybridized carbons (Fsp3) is 0.158. The van der Waals surface area contributed by atoms with Crippen molar-refractivity contribution in [1.82, 2.24) is 10.2 Å². The quantitative estimate of drug-likeness (QED) is 0.500. The van der Waals surface area contributed by atoms with E-state index in [1.807, 2.05) is 12.1 Å². The van der Waals surface area contributed by atoms with Gasteiger partial charge in [0.15, 0.2) is 11.5 Å². The van der Waals surface area contributed by atoms with E-state index in [1.165, 1.54) is 12.1 Å². The van der Waals surface area contributed by atoms with Crippen LogP contribution in [0.3, 0.4) is 0 Å². The Morgan fingerprint density at radius 2 is 1.56 bits per heavy atom. The van der Waals surface area contributed by atoms with E-state index in [2.05, 4.69) is 22.4 Å². The van der Waals surface area contributed by atoms with Gasteiger partial charge in [0.05, 0.1) is 19.9 Å². The molecule has 0 bridgehead atoms. The molecule has 1 heterocycles. The molecule has 1 aliphatic heterocycles. The number of aromatic nitrogens is 2. The third kappa shape index (κ3) is 2.38. The molecule has 2 aromatic rings. The number of nitrogens with one attached hydrogen (secondary N) is 3. The number of aromatic amines is 2. The number of halogens is 1. The second-order valence-corrected chi connectivity index (χ2v) is 5.88. The molecule has 0 spiro atoms. The normalized spacial score (nSPS) is 11.2. The summed E-state index contributed by atoms with van der Waals surface area (Å²) in [6.45, 7) is 2.06. The summed E-state index contributed by atoms with van der Waals surface area (Å²) in [4.78, 5) is 0. The first-order valence-corrected chi connectivity index (χ1v) is 7.89. The van der Waals surface area contributed by atoms with E-state index < -0.39 is 0 Å². The lowest BCUT2D eigenvalue weighted by Crippen LogP contribution is -1.92. The molecular formula is C19H18FN3O2. The monoisotopic (exact) mass is 339 g/mol. The average Bonchev–Trinajstić information content (AvgIpc) is 3.16. The Kier molecular flexibility index (Phi) is 3.53. The van der Waals surface area contributed by atoms with Gasteiger partial charge in [0.1, 0.15) is 11.6 Å². The highest BCUT2D eigenvalue weighted by atomic mass is 19.1. The molecule has 5 nitrogen and oxygen atoms in total. The molecular weight excluding hydrogens is 321 g/mol. The first-order chi connectivity index (χ1) is 12.1. The molecule has 2 aromatic carbocycles. The number of anilines is 2. The second-order valence-electron chi connectivity index (χ2n) is 5.88. The third-order valence-corrected chi connectivity index (χ3v) is 4.50. The van der Waals surface area contributed by atoms with Crippen LogP contribution in [-0.4, -0.2) is 24.4 Å². The summed E-state index contributed by atoms with van der Waals surface area (Å²) in [6.07, 6.45) is 0. The Hall–Kier alpha value is -3.15. The van der Waals surface area contributed by atoms with E-state index in [0.29, 0.717) is 11.5 Å². The van der Waals surface area contributed by atoms with Crippen LogP contribution in [0.1, 0.15) is 5.56 Å². The third-order valence-electron chi connectivity index (χ3n) is 4.50. The van der Waals surface area contributed by atoms with Crippen LogP contribution in [0.4, 0.5) is 15.9 Å². The van der Waals surface area contributed by atoms with Crippen LogP contribution in [0.2, 0.25) is 0 Å². The number of hydrogen-bond acceptors (Lipinski definition) is 3. The van der Waals surface area contributed by atoms with Crippen molar-refractivity contribution >= 4 is 22.3 Å². The fourth-order valence-corrected chi connectivity index (χ4v) is 3.25. The lowest BCUT2D eigenvalue weighted by Gasteiger charge is -2.07. The van der Waals surface area contributed by atoms with Crippen molar-refractivity contribution in [3.05, 3.63) is 47.8 Å². The number of methoxy groups -OCH3 is 2. The van der Waals surface area contributed by atoms with E-state index in [0.717, 1.165) is 39.1 Å². The Labute approximate surface area is 144 Å². The minimum atomic E-state index is -0.261. The maximum Gasteiger partial charge on any atom is 0.161 e. The molecule has 4 rings (SSSR count). The minimum absolute atomic E-state index is 0.261. The van der Waals surface area contributed by atoms with Crippen LogP contribution >= 0.6 is 0 Å². The second kappa shape index (κ2) is 5.73. The number of fused-ring (bicyclic) bond motifs is 3. The Morgan fingerprint density at radius 3 is 2.20 bits per heavy atom. The van der Waals surface area contributed by atoms with E-state index >= 15 is 0 Å². The van der Waals surface area contributed by atoms with Gasteiger partial charge in [0, 0.05) is 16.6 Å². The van der Waals surface area contributed by atoms with Crippen LogP contribution in [-0.2, 0) is 0 Å². The topological polar surface area (TPSA) is 62.1 Å². The van der Waals surface area contributed by atoms with Gasteiger partial charge in [-0.2, -0.15) is 0 Å². The maximum atomic E-state index is 13.1. The van der Waals surface area contributed by atoms with Crippen molar-refractivity contribution in [2.45, 2.75) is 6.92 Å². The van der Waals surface area contributed by atoms with Gasteiger partial charge in [0.2, 0.25) is 0 Å². The molecule has 0 fully saturated rings. The number of hydrogen-bond donors (Lipinski definition) is 3. The van der Waals surface area contributed by atoms with Gasteiger partial charge in [-0.1, -0.05) is 0 Å². The zero-order valence-corrected chi connectivity index (χ0v) is 14.2. The van der Waals surface area contributed by atoms with Crippen LogP contribution in [0.15, 0.2) is 36.4 Å². The summed E-state index contributed by atoms with van der Waals surface area (Å²) in [5.74, 6) is 1.95. The highest BCUT2D eigenvalue weighted by Crippen LogP contribution is 2.45. The smallest absolute Gasteiger partial charge is 0.161 e. The van der Waals surface area contributed by atoms with Gasteiger partial charge in [0.25, 0.3) is 0 Å². The van der Waals surface area contributed by atoms with Crippen molar-refractivity contribution < 1.29 is 13.9 Å². The van der Waals surface area contributed by atoms with Gasteiger partial charge in [-0.15, -0.1) is 0 Å². The molecule has 0 radical (unpaired) electrons. The largest absolute Gasteiger partial charge is 0.493 e. The number of H-pyrrole nitrogens is 2. The summed E-state index contributed by atoms with van der Waals surface area (Å²) in [7, 11) is 3.25. The van der Waals surface area contributed by atoms with E-state index in [-0.39, 0.29) is 5.82 Å². The molecule has 0 aromatic heterocycles. The van der Waals surface area contributed by atoms with E-state index in [4.69, 9.17) is 9.47 Å². The summed E-state index contributed by atoms with van der Waals surface area (Å²) >= 11 is 0. The van der Waals surface area contributed by atoms with Crippen molar-refractivity contribution in [3.63, 3.8) is 0 Å². The molecule has 0 saturated heterocycles. The van der Waals surface area contributed by atoms with Crippen LogP contribution in [0.25, 0.3) is 22.0 Å². The van der Waals surface area contributed by atoms with E-state index in [9.17, 15) is 4.39 Å². The molecule has 0 unspecified atom stereocenters. The molecule has 2 aliphatic rings. The van der Waals surface area contributed by atoms with Crippen molar-refractivity contribution in [2.24, 2.45) is 0 Å². The van der Waals surface area contributed by atoms with Gasteiger partial charge >= 0.3 is 0 Å². The number of rotatable bonds is 4. The van der Waals surface area contributed by atoms with Gasteiger partial charge in [-0.3, -0.25) is 10.2 Å². The molecule has 3 N–H and O–H groups in total. The predicted molar refractivity (Wildman–Crippen MR) is 96.8 cm³/mol. The first-order valence-electron chi connectivity index (χ1n) is 7.89. The average molecular weight is 339 g/mol. The summed E-state index contributed by atoms with van der Waals surface area (Å²) in [5, 5.41) is 11.8. The SMILES string of the molecule is COc1cc2c3[nH][nH]c(Nc4ccc(F)cc4)c-3c(C)c2cc1OC. The maximum absolute atomic E-state index is 13.1. The molecule has 25 heavy (non-hydrogen) atoms. The van der Waals surface area contributed by atoms with Gasteiger partial charge < -0.3 is 14.8 Å². The van der Waals surface area contributed by atoms with Crippen molar-refractivity contribution in [1.29, 1.82) is 0 Å². The Morgan fingerprint density at radius 1 is 0.920 bits per heavy atom. The highest BCUT2D eigenvalue weighted by molar-refractivity contribution is 6.08. The highest BCUT2D eigenvalue weighted by Gasteiger charge is 2.23. The molecule has 128 valence electrons. The number of aryl methyl sites for hydroxylation is 1. The standard InChI is InChI=1S/C19H18FN3O2/c1-10-13-8-15(24-2)16(25-3)9-14(13)18-17(10)19(23-22-18)21-12-6-4-11(20)5-7-12/h4-9,21-23H,1-3H3. The zero-order chi connectivity index (χ0) is 17.6. The van der Waals surface area contributed by atoms with Gasteiger partial charge in [-0.05, 0) is 54.3 Å². The zero-order valence-electron chi connectivity index (χ0n) is 14.2. The summed E-state index contributed by atoms with van der Waals surface area (Å²) in [5.41, 5.74) is 3.96. The summed E-state index contributed by atoms with van der Waals surface area (Å²) in [6, 6.07) is 10.2. The summed E-state index contributed by atoms with van der Waals surface area (Å²) < 4.78 is 23.9. The minimum Gasteiger partial charge on any atom is -0.493 e. The Balaban J connectivity index is 1.84. The van der Waals surface area contributed by atoms with Crippen molar-refractivity contribution in [2.75, 3.05) is 19.5 Å². The van der Waals surface area contributed by atoms with Crippen LogP contribution in [0.5, 0.6) is 11.5 Å². The van der Waals surface area contributed by atoms with E-state index in [1.54, 1.807) is 26.4 Å².